The molecule has 0 saturated heterocycles. The van der Waals surface area contributed by atoms with Gasteiger partial charge in [-0.25, -0.2) is 9.78 Å². The van der Waals surface area contributed by atoms with Crippen molar-refractivity contribution >= 4 is 5.97 Å². The van der Waals surface area contributed by atoms with Crippen molar-refractivity contribution in [3.05, 3.63) is 40.4 Å². The summed E-state index contributed by atoms with van der Waals surface area (Å²) in [6, 6.07) is 4.20. The lowest BCUT2D eigenvalue weighted by Gasteiger charge is -2.11. The summed E-state index contributed by atoms with van der Waals surface area (Å²) >= 11 is 0. The molecule has 0 radical (unpaired) electrons. The quantitative estimate of drug-likeness (QED) is 0.853. The minimum atomic E-state index is -1.18. The summed E-state index contributed by atoms with van der Waals surface area (Å²) < 4.78 is 15.3. The Balaban J connectivity index is 2.50. The van der Waals surface area contributed by atoms with Gasteiger partial charge in [-0.2, -0.15) is 0 Å². The number of nitrogens with zero attached hydrogens (tertiary/aromatic N) is 1. The number of aromatic amines is 1. The topological polar surface area (TPSA) is 111 Å². The molecule has 0 aliphatic rings. The fourth-order valence-electron chi connectivity index (χ4n) is 1.62. The van der Waals surface area contributed by atoms with Crippen LogP contribution < -0.4 is 19.8 Å². The number of nitrogens with one attached hydrogen (secondary N) is 1. The van der Waals surface area contributed by atoms with E-state index in [1.807, 2.05) is 0 Å². The van der Waals surface area contributed by atoms with Crippen molar-refractivity contribution in [1.29, 1.82) is 0 Å². The first-order chi connectivity index (χ1) is 10.1. The summed E-state index contributed by atoms with van der Waals surface area (Å²) in [5.41, 5.74) is -0.637. The molecule has 0 spiro atoms. The van der Waals surface area contributed by atoms with Crippen molar-refractivity contribution < 1.29 is 24.1 Å². The van der Waals surface area contributed by atoms with Crippen molar-refractivity contribution in [2.45, 2.75) is 0 Å². The van der Waals surface area contributed by atoms with Crippen LogP contribution in [0.15, 0.2) is 29.3 Å². The van der Waals surface area contributed by atoms with Crippen LogP contribution in [0.1, 0.15) is 10.4 Å². The molecule has 0 aliphatic heterocycles. The Hall–Kier alpha value is -3.03. The molecule has 2 N–H and O–H groups in total. The Morgan fingerprint density at radius 3 is 2.67 bits per heavy atom. The largest absolute Gasteiger partial charge is 0.497 e. The first-order valence-corrected chi connectivity index (χ1v) is 5.77. The fraction of sp³-hybridized carbons (Fsp3) is 0.154. The Kier molecular flexibility index (Phi) is 4.07. The van der Waals surface area contributed by atoms with Crippen molar-refractivity contribution in [2.24, 2.45) is 0 Å². The van der Waals surface area contributed by atoms with E-state index in [4.69, 9.17) is 19.3 Å². The third-order valence-electron chi connectivity index (χ3n) is 2.61. The van der Waals surface area contributed by atoms with Gasteiger partial charge in [-0.05, 0) is 12.1 Å². The van der Waals surface area contributed by atoms with E-state index in [2.05, 4.69) is 9.97 Å². The lowest BCUT2D eigenvalue weighted by atomic mass is 10.2. The number of carbonyl (C=O) groups is 1. The lowest BCUT2D eigenvalue weighted by Crippen LogP contribution is -2.11. The summed E-state index contributed by atoms with van der Waals surface area (Å²) in [7, 11) is 2.72. The molecule has 1 aromatic carbocycles. The number of aromatic nitrogens is 2. The van der Waals surface area contributed by atoms with Crippen LogP contribution in [0.3, 0.4) is 0 Å². The SMILES string of the molecule is COc1ccc(C(=O)O)c(Oc2nc[nH]c(=O)c2OC)c1. The molecule has 2 aromatic rings. The van der Waals surface area contributed by atoms with Gasteiger partial charge in [0.2, 0.25) is 5.75 Å². The fourth-order valence-corrected chi connectivity index (χ4v) is 1.62. The number of carboxylic acid groups (broad SMARTS) is 1. The number of hydrogen-bond acceptors (Lipinski definition) is 6. The van der Waals surface area contributed by atoms with Gasteiger partial charge >= 0.3 is 5.97 Å². The number of methoxy groups -OCH3 is 2. The van der Waals surface area contributed by atoms with Crippen LogP contribution in [0.25, 0.3) is 0 Å². The molecule has 0 atom stereocenters. The standard InChI is InChI=1S/C13H12N2O6/c1-19-7-3-4-8(13(17)18)9(5-7)21-12-10(20-2)11(16)14-6-15-12/h3-6H,1-2H3,(H,17,18)(H,14,15,16). The van der Waals surface area contributed by atoms with E-state index in [0.717, 1.165) is 6.33 Å². The van der Waals surface area contributed by atoms with Gasteiger partial charge in [0.05, 0.1) is 20.5 Å². The van der Waals surface area contributed by atoms with Crippen LogP contribution in [-0.2, 0) is 0 Å². The van der Waals surface area contributed by atoms with Gasteiger partial charge < -0.3 is 24.3 Å². The van der Waals surface area contributed by atoms with Crippen molar-refractivity contribution in [1.82, 2.24) is 9.97 Å². The predicted octanol–water partition coefficient (Wildman–Crippen LogP) is 1.28. The van der Waals surface area contributed by atoms with Crippen LogP contribution in [-0.4, -0.2) is 35.3 Å². The molecule has 0 bridgehead atoms. The van der Waals surface area contributed by atoms with Crippen molar-refractivity contribution in [3.8, 4) is 23.1 Å². The lowest BCUT2D eigenvalue weighted by molar-refractivity contribution is 0.0694. The Morgan fingerprint density at radius 1 is 1.29 bits per heavy atom. The zero-order valence-corrected chi connectivity index (χ0v) is 11.2. The normalized spacial score (nSPS) is 10.0. The molecule has 1 heterocycles. The third kappa shape index (κ3) is 2.94. The Morgan fingerprint density at radius 2 is 2.05 bits per heavy atom. The average Bonchev–Trinajstić information content (AvgIpc) is 2.47. The van der Waals surface area contributed by atoms with Crippen molar-refractivity contribution in [3.63, 3.8) is 0 Å². The van der Waals surface area contributed by atoms with E-state index in [-0.39, 0.29) is 22.9 Å². The van der Waals surface area contributed by atoms with Crippen LogP contribution >= 0.6 is 0 Å². The molecule has 110 valence electrons. The first kappa shape index (κ1) is 14.4. The highest BCUT2D eigenvalue weighted by atomic mass is 16.5. The summed E-state index contributed by atoms with van der Waals surface area (Å²) in [5.74, 6) is -1.10. The van der Waals surface area contributed by atoms with E-state index < -0.39 is 11.5 Å². The van der Waals surface area contributed by atoms with Gasteiger partial charge in [0.15, 0.2) is 0 Å². The predicted molar refractivity (Wildman–Crippen MR) is 71.4 cm³/mol. The number of hydrogen-bond donors (Lipinski definition) is 2. The van der Waals surface area contributed by atoms with E-state index in [9.17, 15) is 9.59 Å². The van der Waals surface area contributed by atoms with Gasteiger partial charge in [-0.1, -0.05) is 0 Å². The third-order valence-corrected chi connectivity index (χ3v) is 2.61. The molecule has 0 saturated carbocycles. The highest BCUT2D eigenvalue weighted by Gasteiger charge is 2.17. The number of carboxylic acids is 1. The first-order valence-electron chi connectivity index (χ1n) is 5.77. The second-order valence-corrected chi connectivity index (χ2v) is 3.84. The molecule has 2 rings (SSSR count). The molecule has 8 heteroatoms. The summed E-state index contributed by atoms with van der Waals surface area (Å²) in [6.07, 6.45) is 1.13. The van der Waals surface area contributed by atoms with Gasteiger partial charge in [-0.3, -0.25) is 4.79 Å². The van der Waals surface area contributed by atoms with Crippen LogP contribution in [0.4, 0.5) is 0 Å². The Bertz CT molecular complexity index is 725. The second-order valence-electron chi connectivity index (χ2n) is 3.84. The van der Waals surface area contributed by atoms with E-state index >= 15 is 0 Å². The molecular formula is C13H12N2O6. The molecule has 0 unspecified atom stereocenters. The van der Waals surface area contributed by atoms with Gasteiger partial charge in [0, 0.05) is 6.07 Å². The average molecular weight is 292 g/mol. The van der Waals surface area contributed by atoms with E-state index in [0.29, 0.717) is 5.75 Å². The van der Waals surface area contributed by atoms with Gasteiger partial charge in [0.25, 0.3) is 11.4 Å². The molecule has 0 amide bonds. The summed E-state index contributed by atoms with van der Waals surface area (Å²) in [6.45, 7) is 0. The molecule has 0 aliphatic carbocycles. The second kappa shape index (κ2) is 5.95. The minimum absolute atomic E-state index is 0.0155. The highest BCUT2D eigenvalue weighted by molar-refractivity contribution is 5.91. The summed E-state index contributed by atoms with van der Waals surface area (Å²) in [4.78, 5) is 28.9. The van der Waals surface area contributed by atoms with Crippen LogP contribution in [0, 0.1) is 0 Å². The number of aromatic carboxylic acids is 1. The Labute approximate surface area is 118 Å². The van der Waals surface area contributed by atoms with Crippen LogP contribution in [0.2, 0.25) is 0 Å². The number of rotatable bonds is 5. The number of H-pyrrole nitrogens is 1. The minimum Gasteiger partial charge on any atom is -0.497 e. The zero-order chi connectivity index (χ0) is 15.4. The van der Waals surface area contributed by atoms with Gasteiger partial charge in [0.1, 0.15) is 17.1 Å². The highest BCUT2D eigenvalue weighted by Crippen LogP contribution is 2.31. The molecule has 8 nitrogen and oxygen atoms in total. The molecule has 21 heavy (non-hydrogen) atoms. The molecule has 0 fully saturated rings. The van der Waals surface area contributed by atoms with E-state index in [1.165, 1.54) is 32.4 Å². The number of ether oxygens (including phenoxy) is 3. The molecule has 1 aromatic heterocycles. The number of benzene rings is 1. The van der Waals surface area contributed by atoms with Crippen molar-refractivity contribution in [2.75, 3.05) is 14.2 Å². The smallest absolute Gasteiger partial charge is 0.339 e. The monoisotopic (exact) mass is 292 g/mol. The van der Waals surface area contributed by atoms with E-state index in [1.54, 1.807) is 0 Å². The molecular weight excluding hydrogens is 280 g/mol. The van der Waals surface area contributed by atoms with Gasteiger partial charge in [-0.15, -0.1) is 0 Å². The summed E-state index contributed by atoms with van der Waals surface area (Å²) in [5, 5.41) is 9.15. The maximum atomic E-state index is 11.6. The van der Waals surface area contributed by atoms with Crippen LogP contribution in [0.5, 0.6) is 23.1 Å². The maximum absolute atomic E-state index is 11.6. The zero-order valence-electron chi connectivity index (χ0n) is 11.2. The maximum Gasteiger partial charge on any atom is 0.339 e.